The van der Waals surface area contributed by atoms with E-state index >= 15 is 8.78 Å². The number of hydrogen-bond donors (Lipinski definition) is 3. The van der Waals surface area contributed by atoms with Gasteiger partial charge in [0.1, 0.15) is 47.3 Å². The molecule has 0 bridgehead atoms. The molecule has 46 heteroatoms. The van der Waals surface area contributed by atoms with Crippen LogP contribution in [0.3, 0.4) is 0 Å². The minimum atomic E-state index is -1.11. The molecule has 15 aromatic rings. The summed E-state index contributed by atoms with van der Waals surface area (Å²) in [6, 6.07) is 15.7. The number of carbonyl (C=O) groups excluding carboxylic acids is 4. The molecule has 0 atom stereocenters. The van der Waals surface area contributed by atoms with Gasteiger partial charge in [0, 0.05) is 92.5 Å². The van der Waals surface area contributed by atoms with E-state index in [9.17, 15) is 38.3 Å². The first-order valence-corrected chi connectivity index (χ1v) is 41.1. The van der Waals surface area contributed by atoms with Crippen LogP contribution in [-0.4, -0.2) is 219 Å². The van der Waals surface area contributed by atoms with Gasteiger partial charge in [-0.05, 0) is 203 Å². The molecule has 3 saturated carbocycles. The fraction of sp³-hybridized carbons (Fsp3) is 0.357. The summed E-state index contributed by atoms with van der Waals surface area (Å²) < 4.78 is 83.8. The molecule has 3 aliphatic carbocycles. The number of nitrogens with zero attached hydrogens (tertiary/aromatic N) is 27. The Morgan fingerprint density at radius 1 is 0.431 bits per heavy atom. The van der Waals surface area contributed by atoms with Crippen molar-refractivity contribution in [2.75, 3.05) is 34.5 Å². The molecule has 12 heterocycles. The molecule has 12 aromatic heterocycles. The zero-order valence-electron chi connectivity index (χ0n) is 71.5. The molecular formula is C84H88F3LiN28O14. The maximum atomic E-state index is 15.2. The molecule has 0 radical (unpaired) electrons. The number of aliphatic carboxylic acids is 1. The van der Waals surface area contributed by atoms with Crippen molar-refractivity contribution in [1.29, 1.82) is 0 Å². The maximum absolute atomic E-state index is 15.2. The standard InChI is InChI=1S/C29H30FN9O4.C27H26FN9O4.C19H21N5O4.C9H10FN5O.Li.H2O/c1-3-43-27(41)11-6-19-12-20(18-4-5-18)13-37-14-21(32-29(19)37)15-38-16-23(33-35-38)25(40)9-7-22-24(39-17-31-34-36-39)8-10-26(42-2)28(22)30;1-41-24-8-6-22(37-15-29-32-34-37)20(26(24)28)5-7-23(38)21-14-36(33-31-21)13-19-12-35-11-18(16-2-3-16)10-17(27(35)30-19)4-9-25(39)40;1-2-28-17(25)6-5-13-7-14(12-3-4-12)8-23-9-15(20-18(13)23)10-24-11-16(19(26)27)21-22-24;1-16-8-3-2-7(6(4-11)9(8)10)15-5-12-13-14-15;;/h8,10,12-14,16-18H,3-7,9,11,15H2,1-2H3;6,8,10-12,14-16H,2-5,7,9,13H2,1H3,(H,39,40);7-9,11-12H,2-6,10H2,1H3,(H,26,27);2-3,5H,4,11H2,1H3;;1H2/q;;;;+1;/p-1. The van der Waals surface area contributed by atoms with Gasteiger partial charge in [0.2, 0.25) is 0 Å². The van der Waals surface area contributed by atoms with Crippen molar-refractivity contribution >= 4 is 52.4 Å². The number of tetrazole rings is 3. The Hall–Kier alpha value is -14.7. The van der Waals surface area contributed by atoms with Crippen LogP contribution in [0.2, 0.25) is 0 Å². The smallest absolute Gasteiger partial charge is 0.870 e. The summed E-state index contributed by atoms with van der Waals surface area (Å²) in [5, 5.41) is 74.7. The van der Waals surface area contributed by atoms with E-state index in [-0.39, 0.29) is 145 Å². The second kappa shape index (κ2) is 42.3. The largest absolute Gasteiger partial charge is 1.00 e. The number of hydrogen-bond acceptors (Lipinski definition) is 31. The molecule has 0 spiro atoms. The summed E-state index contributed by atoms with van der Waals surface area (Å²) in [5.41, 5.74) is 18.9. The Labute approximate surface area is 748 Å². The van der Waals surface area contributed by atoms with Gasteiger partial charge in [0.15, 0.2) is 52.0 Å². The predicted octanol–water partition coefficient (Wildman–Crippen LogP) is 5.24. The Balaban J connectivity index is 0.000000154. The molecular weight excluding hydrogens is 1690 g/mol. The molecule has 3 aliphatic rings. The van der Waals surface area contributed by atoms with Crippen molar-refractivity contribution in [3.63, 3.8) is 0 Å². The van der Waals surface area contributed by atoms with Crippen LogP contribution in [0.15, 0.2) is 129 Å². The van der Waals surface area contributed by atoms with Crippen LogP contribution >= 0.6 is 0 Å². The number of imidazole rings is 3. The van der Waals surface area contributed by atoms with Crippen molar-refractivity contribution in [3.05, 3.63) is 231 Å². The van der Waals surface area contributed by atoms with Crippen molar-refractivity contribution in [1.82, 2.24) is 134 Å². The number of carboxylic acids is 2. The third kappa shape index (κ3) is 22.4. The number of aromatic carboxylic acids is 1. The molecule has 3 fully saturated rings. The van der Waals surface area contributed by atoms with Crippen LogP contribution in [0.5, 0.6) is 17.2 Å². The summed E-state index contributed by atoms with van der Waals surface area (Å²) in [6.45, 7) is 5.24. The van der Waals surface area contributed by atoms with Crippen LogP contribution in [0.1, 0.15) is 201 Å². The predicted molar refractivity (Wildman–Crippen MR) is 444 cm³/mol. The summed E-state index contributed by atoms with van der Waals surface area (Å²) in [5.74, 6) is -2.78. The van der Waals surface area contributed by atoms with Crippen molar-refractivity contribution in [2.45, 2.75) is 161 Å². The number of Topliss-reactive ketones (excluding diaryl/α,β-unsaturated/α-hetero) is 2. The van der Waals surface area contributed by atoms with Gasteiger partial charge in [-0.1, -0.05) is 33.8 Å². The van der Waals surface area contributed by atoms with Crippen LogP contribution in [0.25, 0.3) is 34.0 Å². The van der Waals surface area contributed by atoms with Gasteiger partial charge in [0.25, 0.3) is 0 Å². The SMILES string of the molecule is CCOC(=O)CCc1cc(C2CC2)cn2cc(Cn3cc(C(=O)CCc4c(-n5cnnn5)ccc(OC)c4F)nn3)nc12.CCOC(=O)CCc1cc(C2CC2)cn2cc(Cn3cc(C(=O)O)nn3)nc12.COc1ccc(-n2cnnn2)c(CCC(=O)c2cn(Cc3cn4cc(C5CC5)cc(CCC(=O)O)c4n3)nn2)c1F.COc1ccc(-n2cnnn2)c(CN)c1F.[Li+].[OH-]. The van der Waals surface area contributed by atoms with Crippen molar-refractivity contribution in [3.8, 4) is 34.3 Å². The van der Waals surface area contributed by atoms with E-state index in [1.54, 1.807) is 42.9 Å². The van der Waals surface area contributed by atoms with Crippen molar-refractivity contribution in [2.24, 2.45) is 5.73 Å². The normalized spacial score (nSPS) is 12.7. The first kappa shape index (κ1) is 92.9. The topological polar surface area (TPSA) is 520 Å². The van der Waals surface area contributed by atoms with E-state index in [1.165, 1.54) is 124 Å². The number of methoxy groups -OCH3 is 3. The first-order chi connectivity index (χ1) is 62.1. The molecule has 0 saturated heterocycles. The van der Waals surface area contributed by atoms with E-state index < -0.39 is 29.4 Å². The molecule has 670 valence electrons. The number of benzene rings is 3. The van der Waals surface area contributed by atoms with E-state index in [4.69, 9.17) is 44.5 Å². The second-order valence-electron chi connectivity index (χ2n) is 30.4. The maximum Gasteiger partial charge on any atom is 1.00 e. The molecule has 42 nitrogen and oxygen atoms in total. The summed E-state index contributed by atoms with van der Waals surface area (Å²) >= 11 is 0. The third-order valence-electron chi connectivity index (χ3n) is 21.4. The number of carboxylic acid groups (broad SMARTS) is 2. The number of esters is 2. The number of ether oxygens (including phenoxy) is 5. The van der Waals surface area contributed by atoms with E-state index in [0.29, 0.717) is 104 Å². The zero-order valence-corrected chi connectivity index (χ0v) is 71.5. The van der Waals surface area contributed by atoms with Gasteiger partial charge in [0.05, 0.1) is 107 Å². The Morgan fingerprint density at radius 3 is 1.06 bits per heavy atom. The molecule has 3 aromatic carbocycles. The Kier molecular flexibility index (Phi) is 30.2. The first-order valence-electron chi connectivity index (χ1n) is 41.1. The van der Waals surface area contributed by atoms with Gasteiger partial charge >= 0.3 is 42.7 Å². The molecule has 18 rings (SSSR count). The average Bonchev–Trinajstić information content (AvgIpc) is 1.61. The van der Waals surface area contributed by atoms with Crippen LogP contribution in [0, 0.1) is 17.5 Å². The fourth-order valence-electron chi connectivity index (χ4n) is 14.7. The number of aromatic nitrogens is 27. The van der Waals surface area contributed by atoms with Crippen LogP contribution < -0.4 is 38.8 Å². The molecule has 0 amide bonds. The Morgan fingerprint density at radius 2 is 0.762 bits per heavy atom. The number of nitrogens with two attached hydrogens (primary N) is 1. The van der Waals surface area contributed by atoms with Gasteiger partial charge in [-0.15, -0.1) is 30.6 Å². The third-order valence-corrected chi connectivity index (χ3v) is 21.4. The van der Waals surface area contributed by atoms with Gasteiger partial charge < -0.3 is 58.3 Å². The monoisotopic (exact) mass is 1780 g/mol. The number of rotatable bonds is 36. The molecule has 0 unspecified atom stereocenters. The van der Waals surface area contributed by atoms with E-state index in [2.05, 4.69) is 113 Å². The van der Waals surface area contributed by atoms with E-state index in [0.717, 1.165) is 65.1 Å². The minimum Gasteiger partial charge on any atom is -0.870 e. The Bertz CT molecular complexity index is 6520. The summed E-state index contributed by atoms with van der Waals surface area (Å²) in [6.07, 6.45) is 29.7. The summed E-state index contributed by atoms with van der Waals surface area (Å²) in [7, 11) is 4.14. The number of halogens is 3. The number of carbonyl (C=O) groups is 6. The molecule has 5 N–H and O–H groups in total. The zero-order chi connectivity index (χ0) is 89.6. The molecule has 130 heavy (non-hydrogen) atoms. The van der Waals surface area contributed by atoms with Gasteiger partial charge in [-0.25, -0.2) is 61.0 Å². The number of pyridine rings is 3. The van der Waals surface area contributed by atoms with Crippen LogP contribution in [-0.2, 0) is 82.1 Å². The van der Waals surface area contributed by atoms with Crippen molar-refractivity contribution < 1.29 is 100 Å². The quantitative estimate of drug-likeness (QED) is 0.0257. The van der Waals surface area contributed by atoms with Gasteiger partial charge in [-0.2, -0.15) is 0 Å². The molecule has 0 aliphatic heterocycles. The second-order valence-corrected chi connectivity index (χ2v) is 30.4. The number of aryl methyl sites for hydroxylation is 3. The number of ketones is 2. The minimum absolute atomic E-state index is 0. The van der Waals surface area contributed by atoms with Gasteiger partial charge in [-0.3, -0.25) is 24.0 Å². The average molecular weight is 1780 g/mol. The summed E-state index contributed by atoms with van der Waals surface area (Å²) in [4.78, 5) is 86.1. The number of fused-ring (bicyclic) bond motifs is 3. The van der Waals surface area contributed by atoms with Crippen LogP contribution in [0.4, 0.5) is 13.2 Å². The van der Waals surface area contributed by atoms with E-state index in [1.807, 2.05) is 38.0 Å². The fourth-order valence-corrected chi connectivity index (χ4v) is 14.7.